The number of likely N-dealkylation sites (N-methyl/N-ethyl adjacent to an activating group) is 1. The molecular formula is C13H16FNO5. The molecule has 7 heteroatoms. The fraction of sp³-hybridized carbons (Fsp3) is 0.385. The number of amides is 1. The average Bonchev–Trinajstić information content (AvgIpc) is 2.44. The van der Waals surface area contributed by atoms with E-state index < -0.39 is 23.7 Å². The Kier molecular flexibility index (Phi) is 4.90. The number of hydrogen-bond acceptors (Lipinski definition) is 4. The van der Waals surface area contributed by atoms with Gasteiger partial charge in [-0.05, 0) is 19.1 Å². The Hall–Kier alpha value is -2.31. The van der Waals surface area contributed by atoms with Gasteiger partial charge in [0.2, 0.25) is 0 Å². The summed E-state index contributed by atoms with van der Waals surface area (Å²) in [5.74, 6) is -2.68. The van der Waals surface area contributed by atoms with Crippen LogP contribution in [0.3, 0.4) is 0 Å². The van der Waals surface area contributed by atoms with Crippen molar-refractivity contribution in [1.82, 2.24) is 4.90 Å². The molecule has 0 spiro atoms. The second kappa shape index (κ2) is 6.23. The predicted octanol–water partition coefficient (Wildman–Crippen LogP) is 1.39. The van der Waals surface area contributed by atoms with Gasteiger partial charge in [-0.1, -0.05) is 0 Å². The lowest BCUT2D eigenvalue weighted by molar-refractivity contribution is -0.141. The van der Waals surface area contributed by atoms with E-state index in [0.717, 1.165) is 11.0 Å². The van der Waals surface area contributed by atoms with Crippen LogP contribution >= 0.6 is 0 Å². The summed E-state index contributed by atoms with van der Waals surface area (Å²) in [6.07, 6.45) is 0. The van der Waals surface area contributed by atoms with Crippen molar-refractivity contribution < 1.29 is 28.6 Å². The van der Waals surface area contributed by atoms with E-state index >= 15 is 0 Å². The van der Waals surface area contributed by atoms with Crippen LogP contribution in [0.4, 0.5) is 4.39 Å². The number of carboxylic acids is 1. The topological polar surface area (TPSA) is 76.1 Å². The molecule has 110 valence electrons. The standard InChI is InChI=1S/C13H16FNO5/c1-7(13(17)18)15(2)12(16)10-8(14)5-6-9(19-3)11(10)20-4/h5-7H,1-4H3,(H,17,18). The minimum absolute atomic E-state index is 0.0676. The fourth-order valence-corrected chi connectivity index (χ4v) is 1.62. The summed E-state index contributed by atoms with van der Waals surface area (Å²) < 4.78 is 23.9. The van der Waals surface area contributed by atoms with E-state index in [9.17, 15) is 14.0 Å². The lowest BCUT2D eigenvalue weighted by Crippen LogP contribution is -2.40. The van der Waals surface area contributed by atoms with E-state index in [2.05, 4.69) is 0 Å². The molecule has 0 aliphatic rings. The Balaban J connectivity index is 3.31. The highest BCUT2D eigenvalue weighted by molar-refractivity contribution is 5.99. The first-order chi connectivity index (χ1) is 9.34. The Labute approximate surface area is 115 Å². The third-order valence-corrected chi connectivity index (χ3v) is 2.97. The summed E-state index contributed by atoms with van der Waals surface area (Å²) in [4.78, 5) is 24.1. The molecule has 0 aliphatic carbocycles. The highest BCUT2D eigenvalue weighted by Gasteiger charge is 2.29. The van der Waals surface area contributed by atoms with Crippen molar-refractivity contribution in [3.05, 3.63) is 23.5 Å². The first-order valence-electron chi connectivity index (χ1n) is 5.75. The lowest BCUT2D eigenvalue weighted by Gasteiger charge is -2.23. The minimum Gasteiger partial charge on any atom is -0.493 e. The van der Waals surface area contributed by atoms with Gasteiger partial charge in [-0.2, -0.15) is 0 Å². The van der Waals surface area contributed by atoms with Gasteiger partial charge in [-0.25, -0.2) is 9.18 Å². The molecule has 1 aromatic carbocycles. The minimum atomic E-state index is -1.19. The van der Waals surface area contributed by atoms with Crippen molar-refractivity contribution in [2.24, 2.45) is 0 Å². The molecule has 0 bridgehead atoms. The van der Waals surface area contributed by atoms with Crippen molar-refractivity contribution in [1.29, 1.82) is 0 Å². The van der Waals surface area contributed by atoms with Crippen LogP contribution in [0.15, 0.2) is 12.1 Å². The summed E-state index contributed by atoms with van der Waals surface area (Å²) >= 11 is 0. The van der Waals surface area contributed by atoms with Crippen LogP contribution in [0.5, 0.6) is 11.5 Å². The van der Waals surface area contributed by atoms with Gasteiger partial charge in [0.25, 0.3) is 5.91 Å². The highest BCUT2D eigenvalue weighted by Crippen LogP contribution is 2.33. The summed E-state index contributed by atoms with van der Waals surface area (Å²) in [6.45, 7) is 1.32. The van der Waals surface area contributed by atoms with Gasteiger partial charge in [-0.3, -0.25) is 4.79 Å². The molecule has 20 heavy (non-hydrogen) atoms. The van der Waals surface area contributed by atoms with E-state index in [0.29, 0.717) is 0 Å². The number of halogens is 1. The average molecular weight is 285 g/mol. The number of benzene rings is 1. The van der Waals surface area contributed by atoms with E-state index in [1.165, 1.54) is 34.3 Å². The Morgan fingerprint density at radius 2 is 1.90 bits per heavy atom. The molecule has 1 unspecified atom stereocenters. The maximum absolute atomic E-state index is 13.9. The third-order valence-electron chi connectivity index (χ3n) is 2.97. The van der Waals surface area contributed by atoms with Crippen molar-refractivity contribution >= 4 is 11.9 Å². The predicted molar refractivity (Wildman–Crippen MR) is 68.7 cm³/mol. The smallest absolute Gasteiger partial charge is 0.326 e. The quantitative estimate of drug-likeness (QED) is 0.884. The first kappa shape index (κ1) is 15.7. The van der Waals surface area contributed by atoms with Crippen LogP contribution < -0.4 is 9.47 Å². The van der Waals surface area contributed by atoms with E-state index in [1.807, 2.05) is 0 Å². The number of carbonyl (C=O) groups excluding carboxylic acids is 1. The monoisotopic (exact) mass is 285 g/mol. The zero-order valence-electron chi connectivity index (χ0n) is 11.6. The van der Waals surface area contributed by atoms with Gasteiger partial charge in [-0.15, -0.1) is 0 Å². The number of methoxy groups -OCH3 is 2. The molecule has 0 heterocycles. The highest BCUT2D eigenvalue weighted by atomic mass is 19.1. The van der Waals surface area contributed by atoms with Gasteiger partial charge in [0.05, 0.1) is 14.2 Å². The Morgan fingerprint density at radius 1 is 1.30 bits per heavy atom. The molecular weight excluding hydrogens is 269 g/mol. The van der Waals surface area contributed by atoms with Gasteiger partial charge in [0, 0.05) is 7.05 Å². The maximum atomic E-state index is 13.9. The first-order valence-corrected chi connectivity index (χ1v) is 5.75. The number of carbonyl (C=O) groups is 2. The molecule has 1 rings (SSSR count). The molecule has 1 aromatic rings. The van der Waals surface area contributed by atoms with Crippen LogP contribution in [0.2, 0.25) is 0 Å². The van der Waals surface area contributed by atoms with Crippen LogP contribution in [-0.4, -0.2) is 49.2 Å². The van der Waals surface area contributed by atoms with Crippen LogP contribution in [-0.2, 0) is 4.79 Å². The summed E-state index contributed by atoms with van der Waals surface area (Å²) in [7, 11) is 3.90. The molecule has 6 nitrogen and oxygen atoms in total. The summed E-state index contributed by atoms with van der Waals surface area (Å²) in [6, 6.07) is 1.29. The van der Waals surface area contributed by atoms with E-state index in [1.54, 1.807) is 0 Å². The fourth-order valence-electron chi connectivity index (χ4n) is 1.62. The number of nitrogens with zero attached hydrogens (tertiary/aromatic N) is 1. The molecule has 1 N–H and O–H groups in total. The van der Waals surface area contributed by atoms with Crippen LogP contribution in [0.25, 0.3) is 0 Å². The SMILES string of the molecule is COc1ccc(F)c(C(=O)N(C)C(C)C(=O)O)c1OC. The summed E-state index contributed by atoms with van der Waals surface area (Å²) in [5, 5.41) is 8.90. The zero-order valence-corrected chi connectivity index (χ0v) is 11.6. The third kappa shape index (κ3) is 2.81. The van der Waals surface area contributed by atoms with E-state index in [4.69, 9.17) is 14.6 Å². The Bertz CT molecular complexity index is 532. The van der Waals surface area contributed by atoms with Gasteiger partial charge in [0.1, 0.15) is 17.4 Å². The molecule has 1 atom stereocenters. The van der Waals surface area contributed by atoms with Crippen molar-refractivity contribution in [3.63, 3.8) is 0 Å². The molecule has 0 saturated carbocycles. The number of carboxylic acid groups (broad SMARTS) is 1. The van der Waals surface area contributed by atoms with Gasteiger partial charge < -0.3 is 19.5 Å². The normalized spacial score (nSPS) is 11.7. The molecule has 0 aromatic heterocycles. The second-order valence-electron chi connectivity index (χ2n) is 4.09. The van der Waals surface area contributed by atoms with Crippen molar-refractivity contribution in [2.45, 2.75) is 13.0 Å². The van der Waals surface area contributed by atoms with Crippen molar-refractivity contribution in [3.8, 4) is 11.5 Å². The van der Waals surface area contributed by atoms with Crippen LogP contribution in [0, 0.1) is 5.82 Å². The zero-order chi connectivity index (χ0) is 15.4. The van der Waals surface area contributed by atoms with Gasteiger partial charge in [0.15, 0.2) is 11.5 Å². The van der Waals surface area contributed by atoms with Crippen LogP contribution in [0.1, 0.15) is 17.3 Å². The van der Waals surface area contributed by atoms with Gasteiger partial charge >= 0.3 is 5.97 Å². The maximum Gasteiger partial charge on any atom is 0.326 e. The molecule has 0 radical (unpaired) electrons. The molecule has 0 fully saturated rings. The molecule has 0 aliphatic heterocycles. The summed E-state index contributed by atoms with van der Waals surface area (Å²) in [5.41, 5.74) is -0.359. The second-order valence-corrected chi connectivity index (χ2v) is 4.09. The number of ether oxygens (including phenoxy) is 2. The van der Waals surface area contributed by atoms with Crippen molar-refractivity contribution in [2.75, 3.05) is 21.3 Å². The Morgan fingerprint density at radius 3 is 2.35 bits per heavy atom. The largest absolute Gasteiger partial charge is 0.493 e. The lowest BCUT2D eigenvalue weighted by atomic mass is 10.1. The molecule has 1 amide bonds. The number of rotatable bonds is 5. The number of hydrogen-bond donors (Lipinski definition) is 1. The van der Waals surface area contributed by atoms with E-state index in [-0.39, 0.29) is 17.1 Å². The molecule has 0 saturated heterocycles. The number of aliphatic carboxylic acids is 1.